The molecular formula is C14H21ClN2O3S. The number of amides is 1. The molecule has 1 atom stereocenters. The van der Waals surface area contributed by atoms with Gasteiger partial charge in [0.25, 0.3) is 5.91 Å². The van der Waals surface area contributed by atoms with Crippen LogP contribution in [-0.4, -0.2) is 32.0 Å². The Labute approximate surface area is 131 Å². The van der Waals surface area contributed by atoms with Crippen molar-refractivity contribution in [2.24, 2.45) is 0 Å². The zero-order valence-corrected chi connectivity index (χ0v) is 13.8. The van der Waals surface area contributed by atoms with Gasteiger partial charge >= 0.3 is 0 Å². The minimum absolute atomic E-state index is 0.0263. The second-order valence-corrected chi connectivity index (χ2v) is 7.01. The van der Waals surface area contributed by atoms with Gasteiger partial charge in [0.05, 0.1) is 17.0 Å². The number of benzene rings is 1. The van der Waals surface area contributed by atoms with E-state index in [0.29, 0.717) is 12.0 Å². The summed E-state index contributed by atoms with van der Waals surface area (Å²) in [6.07, 6.45) is 1.16. The van der Waals surface area contributed by atoms with Crippen LogP contribution in [0.4, 0.5) is 5.69 Å². The number of nitrogens with one attached hydrogen (secondary N) is 2. The molecule has 1 aromatic rings. The Balaban J connectivity index is 2.92. The smallest absolute Gasteiger partial charge is 0.253 e. The number of para-hydroxylation sites is 1. The standard InChI is InChI=1S/C14H21ClN2O3S/c1-3-11(2)16-14(18)12-7-4-5-8-13(12)17-21(19,20)10-6-9-15/h4-5,7-8,11,17H,3,6,9-10H2,1-2H3,(H,16,18). The number of hydrogen-bond donors (Lipinski definition) is 2. The van der Waals surface area contributed by atoms with Gasteiger partial charge in [0.15, 0.2) is 0 Å². The molecule has 21 heavy (non-hydrogen) atoms. The molecule has 118 valence electrons. The molecule has 0 spiro atoms. The van der Waals surface area contributed by atoms with E-state index in [0.717, 1.165) is 6.42 Å². The first kappa shape index (κ1) is 17.8. The van der Waals surface area contributed by atoms with E-state index in [2.05, 4.69) is 10.0 Å². The van der Waals surface area contributed by atoms with Gasteiger partial charge in [-0.05, 0) is 31.9 Å². The maximum Gasteiger partial charge on any atom is 0.253 e. The highest BCUT2D eigenvalue weighted by atomic mass is 35.5. The fraction of sp³-hybridized carbons (Fsp3) is 0.500. The predicted octanol–water partition coefficient (Wildman–Crippen LogP) is 2.59. The molecule has 0 aliphatic heterocycles. The fourth-order valence-corrected chi connectivity index (χ4v) is 3.07. The Morgan fingerprint density at radius 2 is 2.00 bits per heavy atom. The van der Waals surface area contributed by atoms with E-state index in [9.17, 15) is 13.2 Å². The first-order chi connectivity index (χ1) is 9.89. The number of alkyl halides is 1. The molecule has 0 bridgehead atoms. The van der Waals surface area contributed by atoms with Crippen LogP contribution in [0.15, 0.2) is 24.3 Å². The van der Waals surface area contributed by atoms with Gasteiger partial charge in [-0.15, -0.1) is 11.6 Å². The lowest BCUT2D eigenvalue weighted by atomic mass is 10.1. The van der Waals surface area contributed by atoms with Gasteiger partial charge in [-0.3, -0.25) is 9.52 Å². The molecule has 7 heteroatoms. The second-order valence-electron chi connectivity index (χ2n) is 4.79. The van der Waals surface area contributed by atoms with Gasteiger partial charge in [-0.25, -0.2) is 8.42 Å². The minimum atomic E-state index is -3.50. The molecule has 0 saturated carbocycles. The van der Waals surface area contributed by atoms with Gasteiger partial charge in [0.2, 0.25) is 10.0 Å². The number of carbonyl (C=O) groups excluding carboxylic acids is 1. The molecule has 0 radical (unpaired) electrons. The van der Waals surface area contributed by atoms with Crippen molar-refractivity contribution in [2.75, 3.05) is 16.4 Å². The summed E-state index contributed by atoms with van der Waals surface area (Å²) in [5.74, 6) is -0.0884. The Morgan fingerprint density at radius 1 is 1.33 bits per heavy atom. The van der Waals surface area contributed by atoms with Crippen molar-refractivity contribution in [3.63, 3.8) is 0 Å². The summed E-state index contributed by atoms with van der Waals surface area (Å²) in [6, 6.07) is 6.57. The van der Waals surface area contributed by atoms with Crippen LogP contribution in [0.2, 0.25) is 0 Å². The molecule has 5 nitrogen and oxygen atoms in total. The van der Waals surface area contributed by atoms with E-state index in [1.807, 2.05) is 13.8 Å². The Morgan fingerprint density at radius 3 is 2.62 bits per heavy atom. The number of halogens is 1. The second kappa shape index (κ2) is 8.24. The lowest BCUT2D eigenvalue weighted by Gasteiger charge is -2.15. The van der Waals surface area contributed by atoms with Crippen LogP contribution >= 0.6 is 11.6 Å². The average molecular weight is 333 g/mol. The minimum Gasteiger partial charge on any atom is -0.350 e. The van der Waals surface area contributed by atoms with Crippen LogP contribution in [0.1, 0.15) is 37.0 Å². The van der Waals surface area contributed by atoms with Crippen molar-refractivity contribution in [2.45, 2.75) is 32.7 Å². The zero-order chi connectivity index (χ0) is 15.9. The Bertz CT molecular complexity index is 575. The number of carbonyl (C=O) groups is 1. The van der Waals surface area contributed by atoms with Crippen molar-refractivity contribution in [3.05, 3.63) is 29.8 Å². The van der Waals surface area contributed by atoms with Gasteiger partial charge in [0, 0.05) is 11.9 Å². The van der Waals surface area contributed by atoms with Gasteiger partial charge in [0.1, 0.15) is 0 Å². The maximum absolute atomic E-state index is 12.2. The molecule has 0 saturated heterocycles. The van der Waals surface area contributed by atoms with E-state index in [4.69, 9.17) is 11.6 Å². The molecular weight excluding hydrogens is 312 g/mol. The van der Waals surface area contributed by atoms with Crippen LogP contribution in [0.3, 0.4) is 0 Å². The summed E-state index contributed by atoms with van der Waals surface area (Å²) in [4.78, 5) is 12.2. The molecule has 1 unspecified atom stereocenters. The fourth-order valence-electron chi connectivity index (χ4n) is 1.64. The average Bonchev–Trinajstić information content (AvgIpc) is 2.45. The van der Waals surface area contributed by atoms with Crippen molar-refractivity contribution in [1.29, 1.82) is 0 Å². The SMILES string of the molecule is CCC(C)NC(=O)c1ccccc1NS(=O)(=O)CCCCl. The summed E-state index contributed by atoms with van der Waals surface area (Å²) in [7, 11) is -3.50. The first-order valence-corrected chi connectivity index (χ1v) is 9.04. The third-order valence-electron chi connectivity index (χ3n) is 2.97. The van der Waals surface area contributed by atoms with E-state index in [1.54, 1.807) is 24.3 Å². The Hall–Kier alpha value is -1.27. The number of rotatable bonds is 8. The van der Waals surface area contributed by atoms with E-state index >= 15 is 0 Å². The number of sulfonamides is 1. The topological polar surface area (TPSA) is 75.3 Å². The maximum atomic E-state index is 12.2. The Kier molecular flexibility index (Phi) is 6.98. The molecule has 1 aromatic carbocycles. The first-order valence-electron chi connectivity index (χ1n) is 6.86. The summed E-state index contributed by atoms with van der Waals surface area (Å²) in [5.41, 5.74) is 0.597. The normalized spacial score (nSPS) is 12.7. The molecule has 0 heterocycles. The predicted molar refractivity (Wildman–Crippen MR) is 86.4 cm³/mol. The van der Waals surface area contributed by atoms with Gasteiger partial charge in [-0.2, -0.15) is 0 Å². The molecule has 0 fully saturated rings. The lowest BCUT2D eigenvalue weighted by Crippen LogP contribution is -2.32. The lowest BCUT2D eigenvalue weighted by molar-refractivity contribution is 0.0940. The molecule has 0 aliphatic carbocycles. The van der Waals surface area contributed by atoms with Crippen LogP contribution in [0, 0.1) is 0 Å². The largest absolute Gasteiger partial charge is 0.350 e. The zero-order valence-electron chi connectivity index (χ0n) is 12.2. The van der Waals surface area contributed by atoms with Crippen molar-refractivity contribution < 1.29 is 13.2 Å². The molecule has 1 amide bonds. The molecule has 0 aliphatic rings. The molecule has 0 aromatic heterocycles. The summed E-state index contributed by atoms with van der Waals surface area (Å²) >= 11 is 5.51. The van der Waals surface area contributed by atoms with Crippen LogP contribution in [0.5, 0.6) is 0 Å². The van der Waals surface area contributed by atoms with Crippen LogP contribution in [0.25, 0.3) is 0 Å². The molecule has 2 N–H and O–H groups in total. The highest BCUT2D eigenvalue weighted by Gasteiger charge is 2.17. The third kappa shape index (κ3) is 5.93. The highest BCUT2D eigenvalue weighted by molar-refractivity contribution is 7.92. The summed E-state index contributed by atoms with van der Waals surface area (Å²) < 4.78 is 26.3. The van der Waals surface area contributed by atoms with Gasteiger partial charge < -0.3 is 5.32 Å². The van der Waals surface area contributed by atoms with E-state index in [1.165, 1.54) is 0 Å². The van der Waals surface area contributed by atoms with Gasteiger partial charge in [-0.1, -0.05) is 19.1 Å². The van der Waals surface area contributed by atoms with Crippen molar-refractivity contribution in [3.8, 4) is 0 Å². The monoisotopic (exact) mass is 332 g/mol. The quantitative estimate of drug-likeness (QED) is 0.718. The van der Waals surface area contributed by atoms with Crippen LogP contribution < -0.4 is 10.0 Å². The van der Waals surface area contributed by atoms with Crippen molar-refractivity contribution >= 4 is 33.2 Å². The van der Waals surface area contributed by atoms with Crippen molar-refractivity contribution in [1.82, 2.24) is 5.32 Å². The third-order valence-corrected chi connectivity index (χ3v) is 4.60. The number of anilines is 1. The number of hydrogen-bond acceptors (Lipinski definition) is 3. The van der Waals surface area contributed by atoms with Crippen LogP contribution in [-0.2, 0) is 10.0 Å². The van der Waals surface area contributed by atoms with E-state index in [-0.39, 0.29) is 29.3 Å². The summed E-state index contributed by atoms with van der Waals surface area (Å²) in [5, 5.41) is 2.82. The van der Waals surface area contributed by atoms with E-state index < -0.39 is 10.0 Å². The summed E-state index contributed by atoms with van der Waals surface area (Å²) in [6.45, 7) is 3.86. The highest BCUT2D eigenvalue weighted by Crippen LogP contribution is 2.17. The molecule has 1 rings (SSSR count).